The maximum Gasteiger partial charge on any atom is 0.0823 e. The highest BCUT2D eigenvalue weighted by Crippen LogP contribution is 2.18. The van der Waals surface area contributed by atoms with Crippen molar-refractivity contribution in [1.29, 1.82) is 0 Å². The van der Waals surface area contributed by atoms with E-state index in [0.29, 0.717) is 19.6 Å². The van der Waals surface area contributed by atoms with Gasteiger partial charge >= 0.3 is 0 Å². The first kappa shape index (κ1) is 13.6. The van der Waals surface area contributed by atoms with Crippen LogP contribution in [0.2, 0.25) is 0 Å². The number of thiophene rings is 1. The molecule has 3 nitrogen and oxygen atoms in total. The van der Waals surface area contributed by atoms with Crippen LogP contribution in [0.15, 0.2) is 11.4 Å². The van der Waals surface area contributed by atoms with E-state index < -0.39 is 0 Å². The maximum atomic E-state index is 8.69. The van der Waals surface area contributed by atoms with Crippen molar-refractivity contribution in [3.63, 3.8) is 0 Å². The molecular weight excluding hydrogens is 248 g/mol. The molecule has 0 amide bonds. The van der Waals surface area contributed by atoms with Crippen LogP contribution in [-0.4, -0.2) is 31.0 Å². The summed E-state index contributed by atoms with van der Waals surface area (Å²) >= 11 is 1.66. The minimum absolute atomic E-state index is 0.113. The zero-order valence-electron chi connectivity index (χ0n) is 10.4. The van der Waals surface area contributed by atoms with Crippen LogP contribution in [0.1, 0.15) is 29.7 Å². The van der Waals surface area contributed by atoms with Crippen LogP contribution in [0.5, 0.6) is 0 Å². The van der Waals surface area contributed by atoms with Gasteiger partial charge in [0.2, 0.25) is 0 Å². The number of hydrogen-bond donors (Lipinski definition) is 1. The molecule has 1 aliphatic rings. The minimum Gasteiger partial charge on any atom is -0.395 e. The van der Waals surface area contributed by atoms with Gasteiger partial charge in [0.05, 0.1) is 25.9 Å². The Balaban J connectivity index is 1.78. The Morgan fingerprint density at radius 3 is 3.28 bits per heavy atom. The lowest BCUT2D eigenvalue weighted by atomic mass is 10.2. The van der Waals surface area contributed by atoms with E-state index in [2.05, 4.69) is 11.8 Å². The molecule has 2 heterocycles. The summed E-state index contributed by atoms with van der Waals surface area (Å²) in [5.41, 5.74) is 1.01. The van der Waals surface area contributed by atoms with Crippen LogP contribution in [0, 0.1) is 11.8 Å². The third-order valence-electron chi connectivity index (χ3n) is 2.77. The van der Waals surface area contributed by atoms with Crippen molar-refractivity contribution in [3.05, 3.63) is 21.9 Å². The average Bonchev–Trinajstić information content (AvgIpc) is 3.02. The molecule has 1 N–H and O–H groups in total. The molecule has 1 atom stereocenters. The molecule has 0 saturated carbocycles. The molecule has 18 heavy (non-hydrogen) atoms. The van der Waals surface area contributed by atoms with Gasteiger partial charge in [0, 0.05) is 23.5 Å². The predicted molar refractivity (Wildman–Crippen MR) is 71.5 cm³/mol. The highest BCUT2D eigenvalue weighted by molar-refractivity contribution is 7.10. The molecule has 2 rings (SSSR count). The molecule has 0 bridgehead atoms. The van der Waals surface area contributed by atoms with Gasteiger partial charge < -0.3 is 14.6 Å². The first-order valence-electron chi connectivity index (χ1n) is 6.25. The van der Waals surface area contributed by atoms with Crippen LogP contribution >= 0.6 is 11.3 Å². The fourth-order valence-corrected chi connectivity index (χ4v) is 2.60. The van der Waals surface area contributed by atoms with Crippen molar-refractivity contribution in [2.75, 3.05) is 19.8 Å². The van der Waals surface area contributed by atoms with E-state index in [1.165, 1.54) is 0 Å². The number of aliphatic hydroxyl groups is 1. The Labute approximate surface area is 112 Å². The molecule has 1 fully saturated rings. The molecule has 1 aromatic heterocycles. The topological polar surface area (TPSA) is 38.7 Å². The van der Waals surface area contributed by atoms with Crippen LogP contribution in [-0.2, 0) is 16.1 Å². The van der Waals surface area contributed by atoms with E-state index in [1.807, 2.05) is 11.4 Å². The minimum atomic E-state index is 0.113. The predicted octanol–water partition coefficient (Wildman–Crippen LogP) is 2.18. The largest absolute Gasteiger partial charge is 0.395 e. The van der Waals surface area contributed by atoms with Crippen LogP contribution < -0.4 is 0 Å². The van der Waals surface area contributed by atoms with Crippen molar-refractivity contribution >= 4 is 11.3 Å². The molecule has 1 aromatic rings. The zero-order valence-corrected chi connectivity index (χ0v) is 11.2. The monoisotopic (exact) mass is 266 g/mol. The summed E-state index contributed by atoms with van der Waals surface area (Å²) in [4.78, 5) is 1.15. The van der Waals surface area contributed by atoms with Gasteiger partial charge in [0.1, 0.15) is 0 Å². The highest BCUT2D eigenvalue weighted by Gasteiger charge is 2.15. The summed E-state index contributed by atoms with van der Waals surface area (Å²) in [6.45, 7) is 2.25. The average molecular weight is 266 g/mol. The lowest BCUT2D eigenvalue weighted by molar-refractivity contribution is 0.0113. The SMILES string of the molecule is OCCC#Cc1ccsc1COCC1CCCO1. The quantitative estimate of drug-likeness (QED) is 0.830. The Kier molecular flexibility index (Phi) is 5.69. The fraction of sp³-hybridized carbons (Fsp3) is 0.571. The van der Waals surface area contributed by atoms with E-state index in [-0.39, 0.29) is 12.7 Å². The van der Waals surface area contributed by atoms with Gasteiger partial charge in [-0.05, 0) is 24.3 Å². The van der Waals surface area contributed by atoms with Crippen molar-refractivity contribution in [1.82, 2.24) is 0 Å². The van der Waals surface area contributed by atoms with E-state index in [9.17, 15) is 0 Å². The van der Waals surface area contributed by atoms with Gasteiger partial charge in [0.15, 0.2) is 0 Å². The third kappa shape index (κ3) is 4.11. The molecule has 1 unspecified atom stereocenters. The summed E-state index contributed by atoms with van der Waals surface area (Å²) in [7, 11) is 0. The van der Waals surface area contributed by atoms with Crippen LogP contribution in [0.4, 0.5) is 0 Å². The lowest BCUT2D eigenvalue weighted by Crippen LogP contribution is -2.13. The van der Waals surface area contributed by atoms with E-state index in [0.717, 1.165) is 29.9 Å². The summed E-state index contributed by atoms with van der Waals surface area (Å²) in [6, 6.07) is 2.00. The molecule has 0 radical (unpaired) electrons. The zero-order chi connectivity index (χ0) is 12.6. The normalized spacial score (nSPS) is 18.6. The maximum absolute atomic E-state index is 8.69. The molecule has 98 valence electrons. The summed E-state index contributed by atoms with van der Waals surface area (Å²) < 4.78 is 11.2. The first-order chi connectivity index (χ1) is 8.90. The van der Waals surface area contributed by atoms with Crippen LogP contribution in [0.25, 0.3) is 0 Å². The smallest absolute Gasteiger partial charge is 0.0823 e. The van der Waals surface area contributed by atoms with Crippen molar-refractivity contribution in [2.24, 2.45) is 0 Å². The Morgan fingerprint density at radius 1 is 1.56 bits per heavy atom. The van der Waals surface area contributed by atoms with Crippen molar-refractivity contribution in [2.45, 2.75) is 32.0 Å². The van der Waals surface area contributed by atoms with Gasteiger partial charge in [-0.1, -0.05) is 11.8 Å². The second-order valence-corrected chi connectivity index (χ2v) is 5.18. The summed E-state index contributed by atoms with van der Waals surface area (Å²) in [5, 5.41) is 10.7. The van der Waals surface area contributed by atoms with E-state index in [4.69, 9.17) is 14.6 Å². The summed E-state index contributed by atoms with van der Waals surface area (Å²) in [6.07, 6.45) is 3.04. The Bertz CT molecular complexity index is 410. The summed E-state index contributed by atoms with van der Waals surface area (Å²) in [5.74, 6) is 6.00. The van der Waals surface area contributed by atoms with Gasteiger partial charge in [-0.25, -0.2) is 0 Å². The first-order valence-corrected chi connectivity index (χ1v) is 7.13. The highest BCUT2D eigenvalue weighted by atomic mass is 32.1. The molecular formula is C14H18O3S. The molecule has 0 spiro atoms. The van der Waals surface area contributed by atoms with E-state index >= 15 is 0 Å². The number of hydrogen-bond acceptors (Lipinski definition) is 4. The molecule has 0 aromatic carbocycles. The number of aliphatic hydroxyl groups excluding tert-OH is 1. The third-order valence-corrected chi connectivity index (χ3v) is 3.66. The molecule has 1 saturated heterocycles. The standard InChI is InChI=1S/C14H18O3S/c15-7-2-1-4-12-6-9-18-14(12)11-16-10-13-5-3-8-17-13/h6,9,13,15H,2-3,5,7-8,10-11H2. The second kappa shape index (κ2) is 7.55. The Morgan fingerprint density at radius 2 is 2.50 bits per heavy atom. The van der Waals surface area contributed by atoms with Gasteiger partial charge in [-0.15, -0.1) is 11.3 Å². The molecule has 0 aliphatic carbocycles. The molecule has 4 heteroatoms. The van der Waals surface area contributed by atoms with Crippen LogP contribution in [0.3, 0.4) is 0 Å². The lowest BCUT2D eigenvalue weighted by Gasteiger charge is -2.09. The number of rotatable bonds is 5. The fourth-order valence-electron chi connectivity index (χ4n) is 1.84. The Hall–Kier alpha value is -0.860. The van der Waals surface area contributed by atoms with Crippen molar-refractivity contribution < 1.29 is 14.6 Å². The molecule has 1 aliphatic heterocycles. The second-order valence-electron chi connectivity index (χ2n) is 4.18. The van der Waals surface area contributed by atoms with Gasteiger partial charge in [-0.3, -0.25) is 0 Å². The van der Waals surface area contributed by atoms with Crippen molar-refractivity contribution in [3.8, 4) is 11.8 Å². The van der Waals surface area contributed by atoms with Gasteiger partial charge in [0.25, 0.3) is 0 Å². The number of ether oxygens (including phenoxy) is 2. The van der Waals surface area contributed by atoms with Gasteiger partial charge in [-0.2, -0.15) is 0 Å². The van der Waals surface area contributed by atoms with E-state index in [1.54, 1.807) is 11.3 Å².